The van der Waals surface area contributed by atoms with Gasteiger partial charge in [-0.05, 0) is 31.5 Å². The van der Waals surface area contributed by atoms with E-state index in [-0.39, 0.29) is 0 Å². The van der Waals surface area contributed by atoms with E-state index in [1.807, 2.05) is 17.7 Å². The topological polar surface area (TPSA) is 30.9 Å². The van der Waals surface area contributed by atoms with E-state index in [0.29, 0.717) is 13.0 Å². The maximum Gasteiger partial charge on any atom is 0.160 e. The second-order valence-electron chi connectivity index (χ2n) is 3.76. The fourth-order valence-electron chi connectivity index (χ4n) is 1.97. The van der Waals surface area contributed by atoms with Crippen LogP contribution in [0.5, 0.6) is 0 Å². The number of aromatic nitrogens is 1. The van der Waals surface area contributed by atoms with Gasteiger partial charge in [0.2, 0.25) is 0 Å². The largest absolute Gasteiger partial charge is 0.347 e. The van der Waals surface area contributed by atoms with Crippen molar-refractivity contribution in [2.24, 2.45) is 5.73 Å². The molecule has 0 aliphatic carbocycles. The van der Waals surface area contributed by atoms with Crippen molar-refractivity contribution in [2.45, 2.75) is 19.9 Å². The summed E-state index contributed by atoms with van der Waals surface area (Å²) in [6, 6.07) is 2.50. The third kappa shape index (κ3) is 1.69. The highest BCUT2D eigenvalue weighted by molar-refractivity contribution is 5.84. The molecule has 1 aromatic heterocycles. The predicted molar refractivity (Wildman–Crippen MR) is 60.3 cm³/mol. The lowest BCUT2D eigenvalue weighted by molar-refractivity contribution is 0.510. The summed E-state index contributed by atoms with van der Waals surface area (Å²) < 4.78 is 28.2. The molecule has 0 amide bonds. The molecule has 0 atom stereocenters. The maximum atomic E-state index is 13.2. The number of aryl methyl sites for hydroxylation is 1. The van der Waals surface area contributed by atoms with Crippen molar-refractivity contribution in [3.05, 3.63) is 35.5 Å². The molecule has 0 bridgehead atoms. The standard InChI is InChI=1S/C12H14F2N2/c1-2-16-7-8(3-4-15)9-5-10(13)11(14)6-12(9)16/h5-7H,2-4,15H2,1H3. The summed E-state index contributed by atoms with van der Waals surface area (Å²) in [4.78, 5) is 0. The second-order valence-corrected chi connectivity index (χ2v) is 3.76. The third-order valence-electron chi connectivity index (χ3n) is 2.76. The first-order chi connectivity index (χ1) is 7.67. The normalized spacial score (nSPS) is 11.2. The lowest BCUT2D eigenvalue weighted by Gasteiger charge is -2.00. The van der Waals surface area contributed by atoms with Gasteiger partial charge in [-0.3, -0.25) is 0 Å². The lowest BCUT2D eigenvalue weighted by Crippen LogP contribution is -2.02. The van der Waals surface area contributed by atoms with Gasteiger partial charge in [-0.15, -0.1) is 0 Å². The molecule has 1 heterocycles. The number of nitrogens with two attached hydrogens (primary N) is 1. The molecule has 0 spiro atoms. The van der Waals surface area contributed by atoms with Crippen LogP contribution in [0.25, 0.3) is 10.9 Å². The number of halogens is 2. The molecule has 2 nitrogen and oxygen atoms in total. The van der Waals surface area contributed by atoms with Crippen LogP contribution in [0.2, 0.25) is 0 Å². The quantitative estimate of drug-likeness (QED) is 0.853. The van der Waals surface area contributed by atoms with E-state index >= 15 is 0 Å². The van der Waals surface area contributed by atoms with E-state index in [1.54, 1.807) is 0 Å². The van der Waals surface area contributed by atoms with Crippen LogP contribution in [-0.2, 0) is 13.0 Å². The summed E-state index contributed by atoms with van der Waals surface area (Å²) in [5, 5.41) is 0.756. The molecule has 0 aliphatic rings. The minimum absolute atomic E-state index is 0.502. The number of hydrogen-bond acceptors (Lipinski definition) is 1. The van der Waals surface area contributed by atoms with E-state index in [2.05, 4.69) is 0 Å². The number of nitrogens with zero attached hydrogens (tertiary/aromatic N) is 1. The van der Waals surface area contributed by atoms with Crippen LogP contribution in [0.3, 0.4) is 0 Å². The molecule has 0 radical (unpaired) electrons. The second kappa shape index (κ2) is 4.22. The summed E-state index contributed by atoms with van der Waals surface area (Å²) in [5.41, 5.74) is 7.19. The van der Waals surface area contributed by atoms with Crippen molar-refractivity contribution in [3.8, 4) is 0 Å². The molecule has 0 saturated heterocycles. The van der Waals surface area contributed by atoms with Gasteiger partial charge in [-0.25, -0.2) is 8.78 Å². The highest BCUT2D eigenvalue weighted by atomic mass is 19.2. The molecule has 0 unspecified atom stereocenters. The van der Waals surface area contributed by atoms with Crippen LogP contribution in [-0.4, -0.2) is 11.1 Å². The Labute approximate surface area is 92.7 Å². The first-order valence-corrected chi connectivity index (χ1v) is 5.34. The van der Waals surface area contributed by atoms with Crippen LogP contribution < -0.4 is 5.73 Å². The van der Waals surface area contributed by atoms with Gasteiger partial charge >= 0.3 is 0 Å². The van der Waals surface area contributed by atoms with Crippen LogP contribution in [0.15, 0.2) is 18.3 Å². The van der Waals surface area contributed by atoms with E-state index in [1.165, 1.54) is 12.1 Å². The summed E-state index contributed by atoms with van der Waals surface area (Å²) >= 11 is 0. The molecule has 16 heavy (non-hydrogen) atoms. The molecule has 2 N–H and O–H groups in total. The summed E-state index contributed by atoms with van der Waals surface area (Å²) in [7, 11) is 0. The van der Waals surface area contributed by atoms with Crippen molar-refractivity contribution in [1.29, 1.82) is 0 Å². The average molecular weight is 224 g/mol. The Balaban J connectivity index is 2.69. The third-order valence-corrected chi connectivity index (χ3v) is 2.76. The number of fused-ring (bicyclic) bond motifs is 1. The van der Waals surface area contributed by atoms with Gasteiger partial charge in [0.15, 0.2) is 11.6 Å². The fraction of sp³-hybridized carbons (Fsp3) is 0.333. The van der Waals surface area contributed by atoms with Gasteiger partial charge in [0, 0.05) is 24.2 Å². The fourth-order valence-corrected chi connectivity index (χ4v) is 1.97. The first kappa shape index (κ1) is 11.1. The smallest absolute Gasteiger partial charge is 0.160 e. The Morgan fingerprint density at radius 3 is 2.56 bits per heavy atom. The van der Waals surface area contributed by atoms with Gasteiger partial charge < -0.3 is 10.3 Å². The van der Waals surface area contributed by atoms with Crippen molar-refractivity contribution in [1.82, 2.24) is 4.57 Å². The molecule has 4 heteroatoms. The monoisotopic (exact) mass is 224 g/mol. The van der Waals surface area contributed by atoms with Crippen molar-refractivity contribution in [3.63, 3.8) is 0 Å². The number of rotatable bonds is 3. The number of hydrogen-bond donors (Lipinski definition) is 1. The Bertz CT molecular complexity index is 517. The molecule has 0 aliphatic heterocycles. The Kier molecular flexibility index (Phi) is 2.92. The lowest BCUT2D eigenvalue weighted by atomic mass is 10.1. The SMILES string of the molecule is CCn1cc(CCN)c2cc(F)c(F)cc21. The minimum Gasteiger partial charge on any atom is -0.347 e. The molecule has 2 rings (SSSR count). The molecule has 1 aromatic carbocycles. The van der Waals surface area contributed by atoms with Crippen molar-refractivity contribution >= 4 is 10.9 Å². The van der Waals surface area contributed by atoms with Crippen LogP contribution >= 0.6 is 0 Å². The molecule has 2 aromatic rings. The average Bonchev–Trinajstić information content (AvgIpc) is 2.58. The maximum absolute atomic E-state index is 13.2. The molecular weight excluding hydrogens is 210 g/mol. The zero-order valence-corrected chi connectivity index (χ0v) is 9.13. The predicted octanol–water partition coefficient (Wildman–Crippen LogP) is 2.44. The van der Waals surface area contributed by atoms with E-state index in [0.717, 1.165) is 23.0 Å². The van der Waals surface area contributed by atoms with Crippen molar-refractivity contribution < 1.29 is 8.78 Å². The minimum atomic E-state index is -0.806. The van der Waals surface area contributed by atoms with Gasteiger partial charge in [0.1, 0.15) is 0 Å². The Morgan fingerprint density at radius 2 is 1.94 bits per heavy atom. The Morgan fingerprint density at radius 1 is 1.25 bits per heavy atom. The Hall–Kier alpha value is -1.42. The van der Waals surface area contributed by atoms with Crippen LogP contribution in [0.1, 0.15) is 12.5 Å². The molecule has 0 fully saturated rings. The molecule has 86 valence electrons. The summed E-state index contributed by atoms with van der Waals surface area (Å²) in [6.45, 7) is 3.20. The first-order valence-electron chi connectivity index (χ1n) is 5.34. The van der Waals surface area contributed by atoms with E-state index in [4.69, 9.17) is 5.73 Å². The highest BCUT2D eigenvalue weighted by Gasteiger charge is 2.11. The van der Waals surface area contributed by atoms with Crippen molar-refractivity contribution in [2.75, 3.05) is 6.54 Å². The zero-order valence-electron chi connectivity index (χ0n) is 9.13. The van der Waals surface area contributed by atoms with Crippen LogP contribution in [0.4, 0.5) is 8.78 Å². The highest BCUT2D eigenvalue weighted by Crippen LogP contribution is 2.24. The van der Waals surface area contributed by atoms with Gasteiger partial charge in [0.25, 0.3) is 0 Å². The summed E-state index contributed by atoms with van der Waals surface area (Å²) in [6.07, 6.45) is 2.59. The van der Waals surface area contributed by atoms with Gasteiger partial charge in [0.05, 0.1) is 5.52 Å². The number of benzene rings is 1. The molecular formula is C12H14F2N2. The van der Waals surface area contributed by atoms with E-state index < -0.39 is 11.6 Å². The van der Waals surface area contributed by atoms with Crippen LogP contribution in [0, 0.1) is 11.6 Å². The van der Waals surface area contributed by atoms with E-state index in [9.17, 15) is 8.78 Å². The van der Waals surface area contributed by atoms with Gasteiger partial charge in [-0.1, -0.05) is 0 Å². The summed E-state index contributed by atoms with van der Waals surface area (Å²) in [5.74, 6) is -1.61. The molecule has 0 saturated carbocycles. The zero-order chi connectivity index (χ0) is 11.7. The van der Waals surface area contributed by atoms with Gasteiger partial charge in [-0.2, -0.15) is 0 Å².